The maximum atomic E-state index is 12.8. The number of carboxylic acids is 1. The molecule has 0 bridgehead atoms. The molecule has 2 heterocycles. The Balaban J connectivity index is 1.86. The highest BCUT2D eigenvalue weighted by Gasteiger charge is 2.08. The molecule has 1 amide bonds. The maximum absolute atomic E-state index is 12.8. The molecule has 0 saturated carbocycles. The van der Waals surface area contributed by atoms with E-state index >= 15 is 0 Å². The summed E-state index contributed by atoms with van der Waals surface area (Å²) in [5, 5.41) is 11.3. The molecule has 0 aliphatic heterocycles. The van der Waals surface area contributed by atoms with Crippen molar-refractivity contribution in [2.75, 3.05) is 6.54 Å². The van der Waals surface area contributed by atoms with Crippen LogP contribution in [0.5, 0.6) is 0 Å². The SMILES string of the molecule is O=C(NCCn1cnc(C(=O)O)c1)c1ccnc(F)c1. The van der Waals surface area contributed by atoms with Crippen LogP contribution in [0.25, 0.3) is 0 Å². The van der Waals surface area contributed by atoms with Crippen molar-refractivity contribution < 1.29 is 19.1 Å². The van der Waals surface area contributed by atoms with Crippen molar-refractivity contribution in [3.05, 3.63) is 48.1 Å². The minimum atomic E-state index is -1.11. The number of imidazole rings is 1. The summed E-state index contributed by atoms with van der Waals surface area (Å²) < 4.78 is 14.4. The topological polar surface area (TPSA) is 97.1 Å². The average Bonchev–Trinajstić information content (AvgIpc) is 2.87. The number of aromatic nitrogens is 3. The van der Waals surface area contributed by atoms with Crippen LogP contribution in [0.1, 0.15) is 20.8 Å². The van der Waals surface area contributed by atoms with E-state index in [1.54, 1.807) is 0 Å². The fourth-order valence-electron chi connectivity index (χ4n) is 1.54. The molecule has 20 heavy (non-hydrogen) atoms. The van der Waals surface area contributed by atoms with Gasteiger partial charge in [-0.05, 0) is 6.07 Å². The van der Waals surface area contributed by atoms with Gasteiger partial charge in [0.15, 0.2) is 5.69 Å². The monoisotopic (exact) mass is 278 g/mol. The third kappa shape index (κ3) is 3.37. The van der Waals surface area contributed by atoms with Crippen molar-refractivity contribution in [1.29, 1.82) is 0 Å². The van der Waals surface area contributed by atoms with Gasteiger partial charge in [-0.25, -0.2) is 14.8 Å². The van der Waals surface area contributed by atoms with Crippen LogP contribution in [0.2, 0.25) is 0 Å². The lowest BCUT2D eigenvalue weighted by atomic mass is 10.2. The first kappa shape index (κ1) is 13.7. The average molecular weight is 278 g/mol. The van der Waals surface area contributed by atoms with Gasteiger partial charge in [-0.3, -0.25) is 4.79 Å². The van der Waals surface area contributed by atoms with Crippen molar-refractivity contribution in [2.45, 2.75) is 6.54 Å². The lowest BCUT2D eigenvalue weighted by molar-refractivity contribution is 0.0690. The Labute approximate surface area is 113 Å². The molecule has 0 aromatic carbocycles. The van der Waals surface area contributed by atoms with Crippen LogP contribution in [0, 0.1) is 5.95 Å². The molecule has 0 fully saturated rings. The molecule has 0 unspecified atom stereocenters. The van der Waals surface area contributed by atoms with E-state index in [9.17, 15) is 14.0 Å². The number of carbonyl (C=O) groups excluding carboxylic acids is 1. The molecule has 7 nitrogen and oxygen atoms in total. The van der Waals surface area contributed by atoms with Crippen molar-refractivity contribution in [2.24, 2.45) is 0 Å². The molecule has 8 heteroatoms. The summed E-state index contributed by atoms with van der Waals surface area (Å²) in [6.45, 7) is 0.623. The van der Waals surface area contributed by atoms with E-state index in [-0.39, 0.29) is 17.8 Å². The molecule has 0 aliphatic carbocycles. The zero-order valence-electron chi connectivity index (χ0n) is 10.3. The third-order valence-corrected chi connectivity index (χ3v) is 2.50. The molecule has 0 atom stereocenters. The number of pyridine rings is 1. The van der Waals surface area contributed by atoms with Crippen molar-refractivity contribution in [1.82, 2.24) is 19.9 Å². The predicted octanol–water partition coefficient (Wildman–Crippen LogP) is 0.545. The summed E-state index contributed by atoms with van der Waals surface area (Å²) in [7, 11) is 0. The lowest BCUT2D eigenvalue weighted by Crippen LogP contribution is -2.27. The molecule has 0 spiro atoms. The van der Waals surface area contributed by atoms with E-state index in [1.807, 2.05) is 0 Å². The van der Waals surface area contributed by atoms with Crippen molar-refractivity contribution in [3.8, 4) is 0 Å². The highest BCUT2D eigenvalue weighted by molar-refractivity contribution is 5.93. The second-order valence-corrected chi connectivity index (χ2v) is 3.93. The van der Waals surface area contributed by atoms with Gasteiger partial charge in [0.1, 0.15) is 0 Å². The number of carboxylic acid groups (broad SMARTS) is 1. The zero-order valence-corrected chi connectivity index (χ0v) is 10.3. The quantitative estimate of drug-likeness (QED) is 0.778. The minimum absolute atomic E-state index is 0.0625. The zero-order chi connectivity index (χ0) is 14.5. The van der Waals surface area contributed by atoms with Crippen LogP contribution >= 0.6 is 0 Å². The van der Waals surface area contributed by atoms with E-state index in [2.05, 4.69) is 15.3 Å². The Morgan fingerprint density at radius 1 is 1.40 bits per heavy atom. The third-order valence-electron chi connectivity index (χ3n) is 2.50. The summed E-state index contributed by atoms with van der Waals surface area (Å²) >= 11 is 0. The second kappa shape index (κ2) is 5.91. The van der Waals surface area contributed by atoms with Crippen LogP contribution < -0.4 is 5.32 Å². The van der Waals surface area contributed by atoms with Gasteiger partial charge < -0.3 is 15.0 Å². The number of rotatable bonds is 5. The van der Waals surface area contributed by atoms with Gasteiger partial charge in [-0.1, -0.05) is 0 Å². The standard InChI is InChI=1S/C12H11FN4O3/c13-10-5-8(1-2-14-10)11(18)15-3-4-17-6-9(12(19)20)16-7-17/h1-2,5-7H,3-4H2,(H,15,18)(H,19,20). The molecular weight excluding hydrogens is 267 g/mol. The van der Waals surface area contributed by atoms with E-state index in [0.29, 0.717) is 6.54 Å². The van der Waals surface area contributed by atoms with Gasteiger partial charge in [0.05, 0.1) is 6.33 Å². The summed E-state index contributed by atoms with van der Waals surface area (Å²) in [4.78, 5) is 29.3. The number of hydrogen-bond donors (Lipinski definition) is 2. The lowest BCUT2D eigenvalue weighted by Gasteiger charge is -2.05. The van der Waals surface area contributed by atoms with E-state index in [1.165, 1.54) is 29.4 Å². The normalized spacial score (nSPS) is 10.2. The smallest absolute Gasteiger partial charge is 0.356 e. The summed E-state index contributed by atoms with van der Waals surface area (Å²) in [5.74, 6) is -2.26. The molecule has 2 rings (SSSR count). The minimum Gasteiger partial charge on any atom is -0.476 e. The maximum Gasteiger partial charge on any atom is 0.356 e. The van der Waals surface area contributed by atoms with Crippen LogP contribution in [-0.4, -0.2) is 38.1 Å². The van der Waals surface area contributed by atoms with Crippen molar-refractivity contribution >= 4 is 11.9 Å². The van der Waals surface area contributed by atoms with Crippen LogP contribution in [-0.2, 0) is 6.54 Å². The van der Waals surface area contributed by atoms with Crippen molar-refractivity contribution in [3.63, 3.8) is 0 Å². The highest BCUT2D eigenvalue weighted by atomic mass is 19.1. The number of amides is 1. The Morgan fingerprint density at radius 3 is 2.85 bits per heavy atom. The number of hydrogen-bond acceptors (Lipinski definition) is 4. The molecule has 0 aliphatic rings. The Hall–Kier alpha value is -2.77. The summed E-state index contributed by atoms with van der Waals surface area (Å²) in [5.41, 5.74) is 0.113. The first-order valence-electron chi connectivity index (χ1n) is 5.71. The Kier molecular flexibility index (Phi) is 4.04. The Morgan fingerprint density at radius 2 is 2.20 bits per heavy atom. The molecule has 2 aromatic heterocycles. The predicted molar refractivity (Wildman–Crippen MR) is 65.7 cm³/mol. The summed E-state index contributed by atoms with van der Waals surface area (Å²) in [6.07, 6.45) is 3.93. The molecule has 2 aromatic rings. The fraction of sp³-hybridized carbons (Fsp3) is 0.167. The molecule has 0 saturated heterocycles. The van der Waals surface area contributed by atoms with Gasteiger partial charge in [-0.2, -0.15) is 4.39 Å². The van der Waals surface area contributed by atoms with Gasteiger partial charge in [0.25, 0.3) is 5.91 Å². The largest absolute Gasteiger partial charge is 0.476 e. The molecular formula is C12H11FN4O3. The van der Waals surface area contributed by atoms with Crippen LogP contribution in [0.3, 0.4) is 0 Å². The fourth-order valence-corrected chi connectivity index (χ4v) is 1.54. The number of nitrogens with zero attached hydrogens (tertiary/aromatic N) is 3. The van der Waals surface area contributed by atoms with E-state index in [0.717, 1.165) is 6.07 Å². The molecule has 0 radical (unpaired) electrons. The number of aromatic carboxylic acids is 1. The first-order valence-corrected chi connectivity index (χ1v) is 5.71. The van der Waals surface area contributed by atoms with Gasteiger partial charge in [0.2, 0.25) is 5.95 Å². The second-order valence-electron chi connectivity index (χ2n) is 3.93. The summed E-state index contributed by atoms with van der Waals surface area (Å²) in [6, 6.07) is 2.44. The van der Waals surface area contributed by atoms with Gasteiger partial charge >= 0.3 is 5.97 Å². The van der Waals surface area contributed by atoms with Crippen LogP contribution in [0.4, 0.5) is 4.39 Å². The molecule has 2 N–H and O–H groups in total. The Bertz CT molecular complexity index is 641. The van der Waals surface area contributed by atoms with E-state index < -0.39 is 17.8 Å². The number of nitrogens with one attached hydrogen (secondary N) is 1. The first-order chi connectivity index (χ1) is 9.56. The number of halogens is 1. The van der Waals surface area contributed by atoms with Crippen LogP contribution in [0.15, 0.2) is 30.9 Å². The van der Waals surface area contributed by atoms with E-state index in [4.69, 9.17) is 5.11 Å². The van der Waals surface area contributed by atoms with Gasteiger partial charge in [-0.15, -0.1) is 0 Å². The number of carbonyl (C=O) groups is 2. The molecule has 104 valence electrons. The highest BCUT2D eigenvalue weighted by Crippen LogP contribution is 2.00. The van der Waals surface area contributed by atoms with Gasteiger partial charge in [0, 0.05) is 37.1 Å².